The minimum atomic E-state index is -0.347. The van der Waals surface area contributed by atoms with E-state index in [4.69, 9.17) is 0 Å². The lowest BCUT2D eigenvalue weighted by Crippen LogP contribution is -2.24. The summed E-state index contributed by atoms with van der Waals surface area (Å²) in [4.78, 5) is 13.5. The molecule has 2 aromatic heterocycles. The third kappa shape index (κ3) is 4.94. The average molecular weight is 429 g/mol. The molecule has 0 bridgehead atoms. The fourth-order valence-corrected chi connectivity index (χ4v) is 3.26. The lowest BCUT2D eigenvalue weighted by Gasteiger charge is -2.05. The standard InChI is InChI=1S/C23H24N8O/c1-16-9-11-19(12-10-16)14-30-18(3)21(17(2)27-30)13-24-25-22(32)15-31-28-23(26-29-31)20-7-5-4-6-8-20/h4-13H,14-15H2,1-3H3,(H,25,32)/b24-13-. The quantitative estimate of drug-likeness (QED) is 0.360. The number of nitrogens with one attached hydrogen (secondary N) is 1. The van der Waals surface area contributed by atoms with Crippen molar-refractivity contribution in [1.82, 2.24) is 35.4 Å². The summed E-state index contributed by atoms with van der Waals surface area (Å²) in [5.74, 6) is 0.120. The minimum Gasteiger partial charge on any atom is -0.271 e. The molecule has 2 heterocycles. The van der Waals surface area contributed by atoms with Gasteiger partial charge in [-0.15, -0.1) is 10.2 Å². The molecule has 32 heavy (non-hydrogen) atoms. The predicted molar refractivity (Wildman–Crippen MR) is 121 cm³/mol. The number of hydrogen-bond acceptors (Lipinski definition) is 6. The normalized spacial score (nSPS) is 11.2. The molecule has 162 valence electrons. The predicted octanol–water partition coefficient (Wildman–Crippen LogP) is 2.66. The molecule has 0 spiro atoms. The molecule has 0 radical (unpaired) electrons. The Morgan fingerprint density at radius 3 is 2.53 bits per heavy atom. The number of hydrogen-bond donors (Lipinski definition) is 1. The first-order valence-electron chi connectivity index (χ1n) is 10.2. The lowest BCUT2D eigenvalue weighted by atomic mass is 10.1. The van der Waals surface area contributed by atoms with Crippen molar-refractivity contribution < 1.29 is 4.79 Å². The third-order valence-corrected chi connectivity index (χ3v) is 5.04. The molecule has 4 aromatic rings. The Hall–Kier alpha value is -4.14. The van der Waals surface area contributed by atoms with Crippen LogP contribution in [0.2, 0.25) is 0 Å². The number of carbonyl (C=O) groups excluding carboxylic acids is 1. The van der Waals surface area contributed by atoms with Crippen molar-refractivity contribution in [3.05, 3.63) is 82.7 Å². The Kier molecular flexibility index (Phi) is 6.16. The SMILES string of the molecule is Cc1ccc(Cn2nc(C)c(/C=N\NC(=O)Cn3nnc(-c4ccccc4)n3)c2C)cc1. The van der Waals surface area contributed by atoms with Gasteiger partial charge in [-0.25, -0.2) is 5.43 Å². The summed E-state index contributed by atoms with van der Waals surface area (Å²) in [5, 5.41) is 20.8. The second-order valence-electron chi connectivity index (χ2n) is 7.53. The molecule has 0 aliphatic rings. The van der Waals surface area contributed by atoms with E-state index in [2.05, 4.69) is 62.2 Å². The number of amides is 1. The molecule has 0 saturated carbocycles. The van der Waals surface area contributed by atoms with E-state index in [-0.39, 0.29) is 12.5 Å². The van der Waals surface area contributed by atoms with Crippen LogP contribution in [0.5, 0.6) is 0 Å². The van der Waals surface area contributed by atoms with Crippen LogP contribution >= 0.6 is 0 Å². The van der Waals surface area contributed by atoms with Gasteiger partial charge in [0.1, 0.15) is 6.54 Å². The highest BCUT2D eigenvalue weighted by atomic mass is 16.2. The molecule has 0 saturated heterocycles. The maximum absolute atomic E-state index is 12.2. The molecule has 1 N–H and O–H groups in total. The van der Waals surface area contributed by atoms with Crippen LogP contribution in [-0.2, 0) is 17.9 Å². The van der Waals surface area contributed by atoms with Gasteiger partial charge in [0.2, 0.25) is 5.82 Å². The Labute approximate surface area is 185 Å². The van der Waals surface area contributed by atoms with Gasteiger partial charge in [-0.3, -0.25) is 9.48 Å². The fraction of sp³-hybridized carbons (Fsp3) is 0.217. The zero-order valence-electron chi connectivity index (χ0n) is 18.2. The zero-order chi connectivity index (χ0) is 22.5. The second kappa shape index (κ2) is 9.34. The zero-order valence-corrected chi connectivity index (χ0v) is 18.2. The van der Waals surface area contributed by atoms with Gasteiger partial charge in [0.15, 0.2) is 0 Å². The molecule has 0 aliphatic carbocycles. The highest BCUT2D eigenvalue weighted by molar-refractivity contribution is 5.84. The molecule has 4 rings (SSSR count). The van der Waals surface area contributed by atoms with Crippen molar-refractivity contribution in [3.8, 4) is 11.4 Å². The monoisotopic (exact) mass is 428 g/mol. The molecular weight excluding hydrogens is 404 g/mol. The topological polar surface area (TPSA) is 103 Å². The van der Waals surface area contributed by atoms with Gasteiger partial charge < -0.3 is 0 Å². The van der Waals surface area contributed by atoms with E-state index in [0.717, 1.165) is 22.5 Å². The molecule has 0 atom stereocenters. The largest absolute Gasteiger partial charge is 0.271 e. The molecule has 1 amide bonds. The third-order valence-electron chi connectivity index (χ3n) is 5.04. The summed E-state index contributed by atoms with van der Waals surface area (Å²) in [6, 6.07) is 17.8. The molecule has 0 aliphatic heterocycles. The number of carbonyl (C=O) groups is 1. The number of nitrogens with zero attached hydrogens (tertiary/aromatic N) is 7. The lowest BCUT2D eigenvalue weighted by molar-refractivity contribution is -0.122. The highest BCUT2D eigenvalue weighted by Gasteiger charge is 2.11. The minimum absolute atomic E-state index is 0.0815. The molecule has 0 unspecified atom stereocenters. The van der Waals surface area contributed by atoms with Crippen molar-refractivity contribution in [2.24, 2.45) is 5.10 Å². The second-order valence-corrected chi connectivity index (χ2v) is 7.53. The average Bonchev–Trinajstić information content (AvgIpc) is 3.36. The van der Waals surface area contributed by atoms with Crippen LogP contribution in [0, 0.1) is 20.8 Å². The highest BCUT2D eigenvalue weighted by Crippen LogP contribution is 2.14. The van der Waals surface area contributed by atoms with Gasteiger partial charge >= 0.3 is 0 Å². The first-order valence-corrected chi connectivity index (χ1v) is 10.2. The number of tetrazole rings is 1. The number of rotatable bonds is 7. The molecule has 2 aromatic carbocycles. The van der Waals surface area contributed by atoms with Crippen LogP contribution in [0.3, 0.4) is 0 Å². The summed E-state index contributed by atoms with van der Waals surface area (Å²) in [5.41, 5.74) is 8.45. The number of aromatic nitrogens is 6. The summed E-state index contributed by atoms with van der Waals surface area (Å²) >= 11 is 0. The van der Waals surface area contributed by atoms with Gasteiger partial charge in [-0.05, 0) is 31.5 Å². The van der Waals surface area contributed by atoms with Crippen LogP contribution in [0.4, 0.5) is 0 Å². The van der Waals surface area contributed by atoms with E-state index in [9.17, 15) is 4.79 Å². The molecular formula is C23H24N8O. The Balaban J connectivity index is 1.36. The van der Waals surface area contributed by atoms with Crippen LogP contribution in [-0.4, -0.2) is 42.1 Å². The van der Waals surface area contributed by atoms with Crippen molar-refractivity contribution in [3.63, 3.8) is 0 Å². The van der Waals surface area contributed by atoms with Gasteiger partial charge in [-0.2, -0.15) is 15.0 Å². The van der Waals surface area contributed by atoms with Crippen LogP contribution < -0.4 is 5.43 Å². The Bertz CT molecular complexity index is 1240. The van der Waals surface area contributed by atoms with Crippen LogP contribution in [0.25, 0.3) is 11.4 Å². The maximum atomic E-state index is 12.2. The summed E-state index contributed by atoms with van der Waals surface area (Å²) in [6.45, 7) is 6.57. The van der Waals surface area contributed by atoms with Gasteiger partial charge in [0.25, 0.3) is 5.91 Å². The van der Waals surface area contributed by atoms with Gasteiger partial charge in [-0.1, -0.05) is 60.2 Å². The van der Waals surface area contributed by atoms with Crippen molar-refractivity contribution in [2.45, 2.75) is 33.9 Å². The van der Waals surface area contributed by atoms with Crippen molar-refractivity contribution in [2.75, 3.05) is 0 Å². The summed E-state index contributed by atoms with van der Waals surface area (Å²) < 4.78 is 1.94. The first-order chi connectivity index (χ1) is 15.5. The maximum Gasteiger partial charge on any atom is 0.263 e. The number of hydrazone groups is 1. The van der Waals surface area contributed by atoms with E-state index in [1.54, 1.807) is 6.21 Å². The Morgan fingerprint density at radius 2 is 1.78 bits per heavy atom. The van der Waals surface area contributed by atoms with E-state index >= 15 is 0 Å². The fourth-order valence-electron chi connectivity index (χ4n) is 3.26. The Morgan fingerprint density at radius 1 is 1.03 bits per heavy atom. The smallest absolute Gasteiger partial charge is 0.263 e. The van der Waals surface area contributed by atoms with E-state index in [0.29, 0.717) is 12.4 Å². The summed E-state index contributed by atoms with van der Waals surface area (Å²) in [7, 11) is 0. The van der Waals surface area contributed by atoms with Gasteiger partial charge in [0.05, 0.1) is 18.5 Å². The molecule has 9 heteroatoms. The van der Waals surface area contributed by atoms with E-state index < -0.39 is 0 Å². The number of aryl methyl sites for hydroxylation is 2. The van der Waals surface area contributed by atoms with Crippen molar-refractivity contribution >= 4 is 12.1 Å². The van der Waals surface area contributed by atoms with E-state index in [1.165, 1.54) is 15.9 Å². The molecule has 0 fully saturated rings. The molecule has 9 nitrogen and oxygen atoms in total. The van der Waals surface area contributed by atoms with Crippen LogP contribution in [0.1, 0.15) is 28.1 Å². The first kappa shape index (κ1) is 21.1. The summed E-state index contributed by atoms with van der Waals surface area (Å²) in [6.07, 6.45) is 1.62. The van der Waals surface area contributed by atoms with Gasteiger partial charge in [0, 0.05) is 16.8 Å². The number of benzene rings is 2. The van der Waals surface area contributed by atoms with E-state index in [1.807, 2.05) is 48.9 Å². The van der Waals surface area contributed by atoms with Crippen molar-refractivity contribution in [1.29, 1.82) is 0 Å². The van der Waals surface area contributed by atoms with Crippen LogP contribution in [0.15, 0.2) is 59.7 Å².